The van der Waals surface area contributed by atoms with Crippen molar-refractivity contribution in [2.75, 3.05) is 11.4 Å². The molecule has 4 rings (SSSR count). The van der Waals surface area contributed by atoms with Crippen molar-refractivity contribution in [3.8, 4) is 0 Å². The van der Waals surface area contributed by atoms with Crippen molar-refractivity contribution in [2.45, 2.75) is 26.4 Å². The van der Waals surface area contributed by atoms with E-state index >= 15 is 0 Å². The van der Waals surface area contributed by atoms with Crippen LogP contribution in [0.2, 0.25) is 5.02 Å². The van der Waals surface area contributed by atoms with Crippen molar-refractivity contribution < 1.29 is 0 Å². The van der Waals surface area contributed by atoms with Crippen molar-refractivity contribution in [3.63, 3.8) is 0 Å². The Kier molecular flexibility index (Phi) is 4.05. The lowest BCUT2D eigenvalue weighted by Gasteiger charge is -2.29. The number of aromatic amines is 1. The summed E-state index contributed by atoms with van der Waals surface area (Å²) in [6, 6.07) is 8.56. The molecule has 1 aliphatic heterocycles. The zero-order valence-corrected chi connectivity index (χ0v) is 14.6. The lowest BCUT2D eigenvalue weighted by Crippen LogP contribution is -2.32. The number of hydrogen-bond acceptors (Lipinski definition) is 4. The number of anilines is 1. The molecule has 1 aliphatic rings. The lowest BCUT2D eigenvalue weighted by atomic mass is 10.1. The van der Waals surface area contributed by atoms with Gasteiger partial charge in [-0.25, -0.2) is 10.1 Å². The molecule has 1 aromatic carbocycles. The summed E-state index contributed by atoms with van der Waals surface area (Å²) >= 11 is 6.13. The number of fused-ring (bicyclic) bond motifs is 1. The summed E-state index contributed by atoms with van der Waals surface area (Å²) < 4.78 is 2.20. The van der Waals surface area contributed by atoms with Crippen LogP contribution in [0.4, 0.5) is 5.69 Å². The van der Waals surface area contributed by atoms with E-state index in [1.165, 1.54) is 16.8 Å². The normalized spacial score (nSPS) is 13.8. The molecular formula is C18H18ClN5O. The van der Waals surface area contributed by atoms with Gasteiger partial charge in [0.2, 0.25) is 0 Å². The van der Waals surface area contributed by atoms with E-state index in [0.29, 0.717) is 12.2 Å². The fraction of sp³-hybridized carbons (Fsp3) is 0.278. The van der Waals surface area contributed by atoms with Crippen molar-refractivity contribution in [1.82, 2.24) is 19.7 Å². The van der Waals surface area contributed by atoms with E-state index in [1.54, 1.807) is 6.20 Å². The molecule has 0 bridgehead atoms. The Morgan fingerprint density at radius 1 is 1.28 bits per heavy atom. The molecule has 1 N–H and O–H groups in total. The standard InChI is InChI=1S/C18H18ClN5O/c1-12-2-4-13(5-3-12)9-24-11-20-14-10-23(7-6-15(14)24)16-8-21-22-18(25)17(16)19/h2-5,8,11H,6-7,9-10H2,1H3,(H,22,25). The van der Waals surface area contributed by atoms with Crippen molar-refractivity contribution in [2.24, 2.45) is 0 Å². The monoisotopic (exact) mass is 355 g/mol. The smallest absolute Gasteiger partial charge is 0.285 e. The molecule has 0 saturated heterocycles. The maximum Gasteiger partial charge on any atom is 0.285 e. The third-order valence-corrected chi connectivity index (χ3v) is 4.95. The van der Waals surface area contributed by atoms with Crippen LogP contribution >= 0.6 is 11.6 Å². The summed E-state index contributed by atoms with van der Waals surface area (Å²) in [6.07, 6.45) is 4.34. The minimum Gasteiger partial charge on any atom is -0.362 e. The maximum atomic E-state index is 11.7. The third-order valence-electron chi connectivity index (χ3n) is 4.58. The highest BCUT2D eigenvalue weighted by molar-refractivity contribution is 6.32. The summed E-state index contributed by atoms with van der Waals surface area (Å²) in [4.78, 5) is 18.3. The molecule has 0 spiro atoms. The Morgan fingerprint density at radius 2 is 2.08 bits per heavy atom. The van der Waals surface area contributed by atoms with Gasteiger partial charge in [0, 0.05) is 25.2 Å². The van der Waals surface area contributed by atoms with Gasteiger partial charge in [0.1, 0.15) is 5.02 Å². The molecule has 7 heteroatoms. The fourth-order valence-electron chi connectivity index (χ4n) is 3.20. The van der Waals surface area contributed by atoms with Gasteiger partial charge < -0.3 is 9.47 Å². The predicted molar refractivity (Wildman–Crippen MR) is 97.1 cm³/mol. The fourth-order valence-corrected chi connectivity index (χ4v) is 3.41. The quantitative estimate of drug-likeness (QED) is 0.784. The average molecular weight is 356 g/mol. The Bertz CT molecular complexity index is 960. The molecule has 128 valence electrons. The molecule has 25 heavy (non-hydrogen) atoms. The highest BCUT2D eigenvalue weighted by Crippen LogP contribution is 2.27. The number of nitrogens with one attached hydrogen (secondary N) is 1. The van der Waals surface area contributed by atoms with Crippen LogP contribution in [-0.4, -0.2) is 26.3 Å². The largest absolute Gasteiger partial charge is 0.362 e. The van der Waals surface area contributed by atoms with Crippen molar-refractivity contribution in [1.29, 1.82) is 0 Å². The van der Waals surface area contributed by atoms with Crippen molar-refractivity contribution in [3.05, 3.63) is 74.7 Å². The summed E-state index contributed by atoms with van der Waals surface area (Å²) in [6.45, 7) is 4.31. The van der Waals surface area contributed by atoms with Crippen LogP contribution in [0.15, 0.2) is 41.6 Å². The first kappa shape index (κ1) is 15.9. The molecule has 2 aromatic heterocycles. The molecule has 0 radical (unpaired) electrons. The van der Waals surface area contributed by atoms with E-state index < -0.39 is 0 Å². The Balaban J connectivity index is 1.57. The van der Waals surface area contributed by atoms with Crippen LogP contribution in [0.3, 0.4) is 0 Å². The first-order valence-electron chi connectivity index (χ1n) is 8.18. The van der Waals surface area contributed by atoms with E-state index in [2.05, 4.69) is 55.8 Å². The summed E-state index contributed by atoms with van der Waals surface area (Å²) in [5.74, 6) is 0. The first-order chi connectivity index (χ1) is 12.1. The molecular weight excluding hydrogens is 338 g/mol. The summed E-state index contributed by atoms with van der Waals surface area (Å²) in [5.41, 5.74) is 5.07. The topological polar surface area (TPSA) is 66.8 Å². The van der Waals surface area contributed by atoms with Gasteiger partial charge in [-0.15, -0.1) is 0 Å². The number of nitrogens with zero attached hydrogens (tertiary/aromatic N) is 4. The highest BCUT2D eigenvalue weighted by Gasteiger charge is 2.23. The lowest BCUT2D eigenvalue weighted by molar-refractivity contribution is 0.660. The maximum absolute atomic E-state index is 11.7. The molecule has 0 fully saturated rings. The number of aromatic nitrogens is 4. The number of halogens is 1. The minimum atomic E-state index is -0.366. The van der Waals surface area contributed by atoms with Crippen LogP contribution in [0.25, 0.3) is 0 Å². The number of imidazole rings is 1. The van der Waals surface area contributed by atoms with Gasteiger partial charge >= 0.3 is 0 Å². The van der Waals surface area contributed by atoms with Gasteiger partial charge in [-0.1, -0.05) is 41.4 Å². The van der Waals surface area contributed by atoms with E-state index in [4.69, 9.17) is 11.6 Å². The van der Waals surface area contributed by atoms with Crippen LogP contribution in [0.1, 0.15) is 22.5 Å². The van der Waals surface area contributed by atoms with E-state index in [-0.39, 0.29) is 10.6 Å². The zero-order chi connectivity index (χ0) is 17.4. The summed E-state index contributed by atoms with van der Waals surface area (Å²) in [5, 5.41) is 6.38. The van der Waals surface area contributed by atoms with Gasteiger partial charge in [-0.05, 0) is 12.5 Å². The first-order valence-corrected chi connectivity index (χ1v) is 8.56. The second-order valence-electron chi connectivity index (χ2n) is 6.32. The van der Waals surface area contributed by atoms with Gasteiger partial charge in [0.25, 0.3) is 5.56 Å². The van der Waals surface area contributed by atoms with Gasteiger partial charge in [0.15, 0.2) is 0 Å². The molecule has 6 nitrogen and oxygen atoms in total. The average Bonchev–Trinajstić information content (AvgIpc) is 3.01. The van der Waals surface area contributed by atoms with E-state index in [1.807, 2.05) is 6.33 Å². The molecule has 0 atom stereocenters. The van der Waals surface area contributed by atoms with Crippen LogP contribution in [-0.2, 0) is 19.5 Å². The Labute approximate surface area is 150 Å². The summed E-state index contributed by atoms with van der Waals surface area (Å²) in [7, 11) is 0. The van der Waals surface area contributed by atoms with Crippen LogP contribution in [0, 0.1) is 6.92 Å². The van der Waals surface area contributed by atoms with E-state index in [9.17, 15) is 4.79 Å². The molecule has 0 amide bonds. The number of hydrogen-bond donors (Lipinski definition) is 1. The Hall–Kier alpha value is -2.60. The second-order valence-corrected chi connectivity index (χ2v) is 6.70. The second kappa shape index (κ2) is 6.37. The van der Waals surface area contributed by atoms with E-state index in [0.717, 1.165) is 25.2 Å². The van der Waals surface area contributed by atoms with Gasteiger partial charge in [-0.2, -0.15) is 5.10 Å². The van der Waals surface area contributed by atoms with Crippen LogP contribution < -0.4 is 10.5 Å². The minimum absolute atomic E-state index is 0.178. The number of aryl methyl sites for hydroxylation is 1. The number of H-pyrrole nitrogens is 1. The molecule has 3 heterocycles. The predicted octanol–water partition coefficient (Wildman–Crippen LogP) is 2.54. The van der Waals surface area contributed by atoms with Crippen LogP contribution in [0.5, 0.6) is 0 Å². The molecule has 0 aliphatic carbocycles. The third kappa shape index (κ3) is 3.05. The number of rotatable bonds is 3. The molecule has 0 saturated carbocycles. The number of benzene rings is 1. The molecule has 0 unspecified atom stereocenters. The van der Waals surface area contributed by atoms with Crippen molar-refractivity contribution >= 4 is 17.3 Å². The SMILES string of the molecule is Cc1ccc(Cn2cnc3c2CCN(c2cn[nH]c(=O)c2Cl)C3)cc1. The van der Waals surface area contributed by atoms with Gasteiger partial charge in [0.05, 0.1) is 30.5 Å². The highest BCUT2D eigenvalue weighted by atomic mass is 35.5. The zero-order valence-electron chi connectivity index (χ0n) is 13.9. The Morgan fingerprint density at radius 3 is 2.88 bits per heavy atom. The van der Waals surface area contributed by atoms with Gasteiger partial charge in [-0.3, -0.25) is 4.79 Å². The molecule has 3 aromatic rings.